The molecule has 8 unspecified atom stereocenters. The molecule has 4 nitrogen and oxygen atoms in total. The summed E-state index contributed by atoms with van der Waals surface area (Å²) in [5, 5.41) is 8.33. The molecule has 696 valence electrons. The van der Waals surface area contributed by atoms with Crippen molar-refractivity contribution in [3.63, 3.8) is 0 Å². The molecule has 0 aliphatic heterocycles. The third-order valence-electron chi connectivity index (χ3n) is 29.4. The molecule has 0 fully saturated rings. The van der Waals surface area contributed by atoms with Gasteiger partial charge in [-0.3, -0.25) is 9.98 Å². The Balaban J connectivity index is 0.000000255. The number of nitrogens with one attached hydrogen (secondary N) is 2. The van der Waals surface area contributed by atoms with Crippen molar-refractivity contribution in [1.82, 2.24) is 0 Å². The number of hydrogen-bond acceptors (Lipinski definition) is 4. The summed E-state index contributed by atoms with van der Waals surface area (Å²) in [6.45, 7) is 66.3. The van der Waals surface area contributed by atoms with Gasteiger partial charge in [0.2, 0.25) is 0 Å². The van der Waals surface area contributed by atoms with Crippen LogP contribution in [-0.2, 0) is 103 Å². The Bertz CT molecular complexity index is 5100. The lowest BCUT2D eigenvalue weighted by Gasteiger charge is -2.28. The first-order valence-electron chi connectivity index (χ1n) is 51.7. The minimum Gasteiger partial charge on any atom is -0.383 e. The lowest BCUT2D eigenvalue weighted by atomic mass is 9.82. The van der Waals surface area contributed by atoms with Crippen LogP contribution >= 0.6 is 0 Å². The molecule has 0 aromatic heterocycles. The highest BCUT2D eigenvalue weighted by Gasteiger charge is 2.29. The smallest absolute Gasteiger partial charge is 0.0706 e. The van der Waals surface area contributed by atoms with Gasteiger partial charge in [-0.1, -0.05) is 383 Å². The van der Waals surface area contributed by atoms with Gasteiger partial charge in [0.1, 0.15) is 0 Å². The number of nitrogens with zero attached hydrogens (tertiary/aromatic N) is 2. The molecular weight excluding hydrogens is 1590 g/mol. The molecule has 4 heteroatoms. The van der Waals surface area contributed by atoms with E-state index in [4.69, 9.17) is 9.98 Å². The predicted molar refractivity (Wildman–Crippen MR) is 580 cm³/mol. The minimum atomic E-state index is 0.153. The number of anilines is 2. The van der Waals surface area contributed by atoms with Crippen molar-refractivity contribution in [2.45, 2.75) is 344 Å². The van der Waals surface area contributed by atoms with Gasteiger partial charge in [0, 0.05) is 84.2 Å². The van der Waals surface area contributed by atoms with Gasteiger partial charge in [-0.2, -0.15) is 0 Å². The van der Waals surface area contributed by atoms with Gasteiger partial charge in [0.05, 0.1) is 11.4 Å². The summed E-state index contributed by atoms with van der Waals surface area (Å²) in [5.74, 6) is 1.53. The number of benzene rings is 12. The summed E-state index contributed by atoms with van der Waals surface area (Å²) in [6, 6.07) is 77.6. The zero-order valence-electron chi connectivity index (χ0n) is 86.9. The molecule has 12 aromatic carbocycles. The fraction of sp³-hybridized carbons (Fsp3) is 0.422. The molecule has 8 atom stereocenters. The van der Waals surface area contributed by atoms with Crippen molar-refractivity contribution < 1.29 is 0 Å². The second-order valence-electron chi connectivity index (χ2n) is 38.7. The lowest BCUT2D eigenvalue weighted by molar-refractivity contribution is 0.864. The molecule has 0 bridgehead atoms. The number of aliphatic imine (C=N–C) groups is 2. The SMILES string of the molecule is CCc1cc(CC)cc(C(C)c2cc(C)cc(C(C)c3cc(CC)cc(CC)c3)c2N=CC=Nc2c(C(C)c3cc(CC)cc(CC)c3)cc(C)cc2C(C)c2cc(CC)cc(CC)c2)c1.CCc1cc(CC)cc(C(C)c2cc(C)cc(C(C)c3cc(CC)cc(CC)c3)c2NCCNc2c(C(C)c3cc(CC)cc(CC)c3)cc(C)cc2C(C)c2cc(CC)cc(CC)c2)c1. The summed E-state index contributed by atoms with van der Waals surface area (Å²) in [6.07, 6.45) is 20.5. The predicted octanol–water partition coefficient (Wildman–Crippen LogP) is 34.4. The van der Waals surface area contributed by atoms with E-state index in [-0.39, 0.29) is 47.3 Å². The second-order valence-corrected chi connectivity index (χ2v) is 38.7. The largest absolute Gasteiger partial charge is 0.383 e. The minimum absolute atomic E-state index is 0.153. The second kappa shape index (κ2) is 48.0. The third kappa shape index (κ3) is 25.0. The molecule has 12 aromatic rings. The topological polar surface area (TPSA) is 48.8 Å². The van der Waals surface area contributed by atoms with E-state index < -0.39 is 0 Å². The van der Waals surface area contributed by atoms with E-state index in [2.05, 4.69) is 399 Å². The van der Waals surface area contributed by atoms with Crippen LogP contribution in [0.2, 0.25) is 0 Å². The highest BCUT2D eigenvalue weighted by Crippen LogP contribution is 2.47. The van der Waals surface area contributed by atoms with Crippen LogP contribution in [0.1, 0.15) is 414 Å². The highest BCUT2D eigenvalue weighted by molar-refractivity contribution is 6.17. The van der Waals surface area contributed by atoms with Gasteiger partial charge in [0.25, 0.3) is 0 Å². The molecule has 0 heterocycles. The Morgan fingerprint density at radius 2 is 0.303 bits per heavy atom. The van der Waals surface area contributed by atoms with Gasteiger partial charge in [-0.05, 0) is 308 Å². The zero-order chi connectivity index (χ0) is 95.3. The van der Waals surface area contributed by atoms with Crippen LogP contribution in [0.3, 0.4) is 0 Å². The van der Waals surface area contributed by atoms with Gasteiger partial charge in [-0.15, -0.1) is 0 Å². The Kier molecular flexibility index (Phi) is 37.1. The van der Waals surface area contributed by atoms with Gasteiger partial charge < -0.3 is 10.6 Å². The first-order chi connectivity index (χ1) is 63.5. The van der Waals surface area contributed by atoms with Crippen molar-refractivity contribution in [3.8, 4) is 0 Å². The molecule has 0 saturated heterocycles. The molecule has 0 saturated carbocycles. The monoisotopic (exact) mass is 1760 g/mol. The Morgan fingerprint density at radius 3 is 0.432 bits per heavy atom. The van der Waals surface area contributed by atoms with Crippen LogP contribution in [0.5, 0.6) is 0 Å². The molecule has 0 radical (unpaired) electrons. The molecule has 0 amide bonds. The maximum atomic E-state index is 5.53. The number of rotatable bonds is 40. The summed E-state index contributed by atoms with van der Waals surface area (Å²) in [7, 11) is 0. The Morgan fingerprint density at radius 1 is 0.182 bits per heavy atom. The van der Waals surface area contributed by atoms with Crippen LogP contribution in [0.15, 0.2) is 204 Å². The fourth-order valence-corrected chi connectivity index (χ4v) is 20.4. The van der Waals surface area contributed by atoms with Crippen LogP contribution in [0.4, 0.5) is 22.7 Å². The maximum absolute atomic E-state index is 5.53. The molecule has 0 aliphatic rings. The summed E-state index contributed by atoms with van der Waals surface area (Å²) in [5.41, 5.74) is 54.1. The normalized spacial score (nSPS) is 13.5. The summed E-state index contributed by atoms with van der Waals surface area (Å²) in [4.78, 5) is 11.1. The summed E-state index contributed by atoms with van der Waals surface area (Å²) >= 11 is 0. The van der Waals surface area contributed by atoms with Crippen molar-refractivity contribution in [2.75, 3.05) is 23.7 Å². The van der Waals surface area contributed by atoms with E-state index in [0.29, 0.717) is 0 Å². The molecule has 0 aliphatic carbocycles. The third-order valence-corrected chi connectivity index (χ3v) is 29.4. The van der Waals surface area contributed by atoms with E-state index in [1.165, 1.54) is 212 Å². The number of hydrogen-bond donors (Lipinski definition) is 2. The van der Waals surface area contributed by atoms with Crippen molar-refractivity contribution in [1.29, 1.82) is 0 Å². The average molecular weight is 1760 g/mol. The van der Waals surface area contributed by atoms with Crippen LogP contribution in [0.25, 0.3) is 0 Å². The van der Waals surface area contributed by atoms with E-state index in [1.54, 1.807) is 0 Å². The fourth-order valence-electron chi connectivity index (χ4n) is 20.4. The lowest BCUT2D eigenvalue weighted by Crippen LogP contribution is -2.20. The maximum Gasteiger partial charge on any atom is 0.0706 e. The van der Waals surface area contributed by atoms with E-state index in [1.807, 2.05) is 12.4 Å². The molecular formula is C128H164N4. The van der Waals surface area contributed by atoms with Crippen molar-refractivity contribution >= 4 is 35.2 Å². The first-order valence-corrected chi connectivity index (χ1v) is 51.7. The molecule has 12 rings (SSSR count). The molecule has 0 spiro atoms. The van der Waals surface area contributed by atoms with Crippen LogP contribution < -0.4 is 10.6 Å². The Hall–Kier alpha value is -10.4. The van der Waals surface area contributed by atoms with Crippen LogP contribution in [0, 0.1) is 27.7 Å². The van der Waals surface area contributed by atoms with E-state index in [0.717, 1.165) is 127 Å². The highest BCUT2D eigenvalue weighted by atomic mass is 15.0. The van der Waals surface area contributed by atoms with Gasteiger partial charge >= 0.3 is 0 Å². The molecule has 132 heavy (non-hydrogen) atoms. The van der Waals surface area contributed by atoms with Crippen LogP contribution in [-0.4, -0.2) is 25.5 Å². The average Bonchev–Trinajstić information content (AvgIpc) is 0.786. The van der Waals surface area contributed by atoms with E-state index in [9.17, 15) is 0 Å². The standard InChI is InChI=1S/C64H84N2.C64H80N2/c2*1-15-47-29-48(16-2)34-55(33-47)43(11)59-25-41(9)26-60(44(12)56-35-49(17-3)30-50(18-4)36-56)63(59)65-23-24-66-64-61(45(13)57-37-51(19-5)31-52(20-6)38-57)27-42(10)28-62(64)46(14)58-39-53(21-7)32-54(22-8)40-58/h25-40,43-46,65-66H,15-24H2,1-14H3;23-40,43-46H,15-22H2,1-14H3. The van der Waals surface area contributed by atoms with Gasteiger partial charge in [-0.25, -0.2) is 0 Å². The van der Waals surface area contributed by atoms with Crippen molar-refractivity contribution in [3.05, 3.63) is 394 Å². The van der Waals surface area contributed by atoms with E-state index >= 15 is 0 Å². The number of aryl methyl sites for hydroxylation is 20. The first kappa shape index (κ1) is 102. The molecule has 2 N–H and O–H groups in total. The zero-order valence-corrected chi connectivity index (χ0v) is 86.9. The quantitative estimate of drug-likeness (QED) is 0.0297. The Labute approximate surface area is 801 Å². The summed E-state index contributed by atoms with van der Waals surface area (Å²) < 4.78 is 0. The van der Waals surface area contributed by atoms with Gasteiger partial charge in [0.15, 0.2) is 0 Å². The van der Waals surface area contributed by atoms with Crippen molar-refractivity contribution in [2.24, 2.45) is 9.98 Å².